The zero-order valence-electron chi connectivity index (χ0n) is 7.90. The molecule has 0 saturated carbocycles. The number of nitrogens with one attached hydrogen (secondary N) is 1. The summed E-state index contributed by atoms with van der Waals surface area (Å²) in [6.07, 6.45) is 4.35. The predicted octanol–water partition coefficient (Wildman–Crippen LogP) is 1.56. The van der Waals surface area contributed by atoms with Crippen molar-refractivity contribution in [3.63, 3.8) is 0 Å². The number of rotatable bonds is 1. The average Bonchev–Trinajstić information content (AvgIpc) is 2.85. The number of fused-ring (bicyclic) bond motifs is 1. The number of pyridine rings is 1. The Hall–Kier alpha value is -1.58. The summed E-state index contributed by atoms with van der Waals surface area (Å²) >= 11 is 0. The maximum Gasteiger partial charge on any atom is 0.177 e. The summed E-state index contributed by atoms with van der Waals surface area (Å²) in [6.45, 7) is 2.22. The molecule has 1 aliphatic heterocycles. The van der Waals surface area contributed by atoms with Crippen molar-refractivity contribution in [1.29, 1.82) is 0 Å². The summed E-state index contributed by atoms with van der Waals surface area (Å²) in [6, 6.07) is 3.93. The minimum Gasteiger partial charge on any atom is -0.353 e. The third kappa shape index (κ3) is 1.07. The van der Waals surface area contributed by atoms with Crippen LogP contribution in [0.2, 0.25) is 0 Å². The van der Waals surface area contributed by atoms with Gasteiger partial charge >= 0.3 is 0 Å². The van der Waals surface area contributed by atoms with Gasteiger partial charge in [-0.25, -0.2) is 0 Å². The van der Waals surface area contributed by atoms with Crippen LogP contribution in [-0.2, 0) is 0 Å². The van der Waals surface area contributed by atoms with E-state index in [4.69, 9.17) is 0 Å². The van der Waals surface area contributed by atoms with Gasteiger partial charge in [-0.1, -0.05) is 0 Å². The summed E-state index contributed by atoms with van der Waals surface area (Å²) in [5.74, 6) is 1.01. The van der Waals surface area contributed by atoms with Gasteiger partial charge in [0.05, 0.1) is 5.52 Å². The molecule has 1 fully saturated rings. The Morgan fingerprint density at radius 3 is 3.00 bits per heavy atom. The molecule has 1 aliphatic rings. The summed E-state index contributed by atoms with van der Waals surface area (Å²) in [5, 5.41) is 7.33. The van der Waals surface area contributed by atoms with Gasteiger partial charge in [0.1, 0.15) is 5.52 Å². The van der Waals surface area contributed by atoms with Crippen LogP contribution in [0.1, 0.15) is 12.8 Å². The lowest BCUT2D eigenvalue weighted by atomic mass is 10.3. The molecule has 4 nitrogen and oxygen atoms in total. The molecule has 2 aromatic heterocycles. The van der Waals surface area contributed by atoms with E-state index in [9.17, 15) is 0 Å². The van der Waals surface area contributed by atoms with E-state index in [1.54, 1.807) is 0 Å². The molecule has 14 heavy (non-hydrogen) atoms. The van der Waals surface area contributed by atoms with Crippen LogP contribution in [0.15, 0.2) is 18.3 Å². The van der Waals surface area contributed by atoms with Crippen molar-refractivity contribution >= 4 is 16.9 Å². The number of hydrogen-bond acceptors (Lipinski definition) is 3. The van der Waals surface area contributed by atoms with Gasteiger partial charge in [0.2, 0.25) is 0 Å². The van der Waals surface area contributed by atoms with Crippen LogP contribution in [0, 0.1) is 0 Å². The van der Waals surface area contributed by atoms with Gasteiger partial charge in [-0.2, -0.15) is 5.10 Å². The Bertz CT molecular complexity index is 442. The van der Waals surface area contributed by atoms with Crippen molar-refractivity contribution in [3.05, 3.63) is 18.3 Å². The van der Waals surface area contributed by atoms with E-state index in [0.717, 1.165) is 29.9 Å². The van der Waals surface area contributed by atoms with Gasteiger partial charge in [0.15, 0.2) is 5.82 Å². The fourth-order valence-electron chi connectivity index (χ4n) is 1.99. The second kappa shape index (κ2) is 2.97. The molecule has 0 aromatic carbocycles. The quantitative estimate of drug-likeness (QED) is 0.738. The van der Waals surface area contributed by atoms with Crippen LogP contribution >= 0.6 is 0 Å². The fourth-order valence-corrected chi connectivity index (χ4v) is 1.99. The summed E-state index contributed by atoms with van der Waals surface area (Å²) < 4.78 is 0. The van der Waals surface area contributed by atoms with E-state index < -0.39 is 0 Å². The highest BCUT2D eigenvalue weighted by atomic mass is 15.3. The second-order valence-electron chi connectivity index (χ2n) is 3.64. The Morgan fingerprint density at radius 2 is 2.14 bits per heavy atom. The number of nitrogens with zero attached hydrogens (tertiary/aromatic N) is 3. The molecule has 3 rings (SSSR count). The van der Waals surface area contributed by atoms with Gasteiger partial charge in [0, 0.05) is 19.3 Å². The second-order valence-corrected chi connectivity index (χ2v) is 3.64. The Morgan fingerprint density at radius 1 is 1.29 bits per heavy atom. The van der Waals surface area contributed by atoms with Gasteiger partial charge < -0.3 is 4.90 Å². The van der Waals surface area contributed by atoms with E-state index in [2.05, 4.69) is 20.1 Å². The highest BCUT2D eigenvalue weighted by molar-refractivity contribution is 5.86. The number of anilines is 1. The molecule has 0 aliphatic carbocycles. The molecule has 0 amide bonds. The average molecular weight is 188 g/mol. The zero-order chi connectivity index (χ0) is 9.38. The van der Waals surface area contributed by atoms with Crippen LogP contribution in [0.25, 0.3) is 11.0 Å². The van der Waals surface area contributed by atoms with Crippen molar-refractivity contribution in [3.8, 4) is 0 Å². The van der Waals surface area contributed by atoms with Gasteiger partial charge in [-0.15, -0.1) is 0 Å². The van der Waals surface area contributed by atoms with E-state index in [-0.39, 0.29) is 0 Å². The molecule has 0 radical (unpaired) electrons. The van der Waals surface area contributed by atoms with Gasteiger partial charge in [-0.3, -0.25) is 10.1 Å². The van der Waals surface area contributed by atoms with E-state index in [1.807, 2.05) is 18.3 Å². The Labute approximate surface area is 81.9 Å². The first kappa shape index (κ1) is 7.79. The molecular weight excluding hydrogens is 176 g/mol. The lowest BCUT2D eigenvalue weighted by Crippen LogP contribution is -2.18. The maximum atomic E-state index is 4.35. The van der Waals surface area contributed by atoms with E-state index in [1.165, 1.54) is 12.8 Å². The molecule has 3 heterocycles. The fraction of sp³-hybridized carbons (Fsp3) is 0.400. The number of hydrogen-bond donors (Lipinski definition) is 1. The first-order valence-electron chi connectivity index (χ1n) is 4.99. The summed E-state index contributed by atoms with van der Waals surface area (Å²) in [7, 11) is 0. The van der Waals surface area contributed by atoms with Crippen LogP contribution < -0.4 is 4.90 Å². The summed E-state index contributed by atoms with van der Waals surface area (Å²) in [4.78, 5) is 6.65. The highest BCUT2D eigenvalue weighted by Gasteiger charge is 2.17. The highest BCUT2D eigenvalue weighted by Crippen LogP contribution is 2.24. The van der Waals surface area contributed by atoms with Crippen LogP contribution in [0.5, 0.6) is 0 Å². The molecule has 1 N–H and O–H groups in total. The third-order valence-electron chi connectivity index (χ3n) is 2.71. The summed E-state index contributed by atoms with van der Waals surface area (Å²) in [5.41, 5.74) is 2.02. The van der Waals surface area contributed by atoms with Crippen molar-refractivity contribution in [1.82, 2.24) is 15.2 Å². The monoisotopic (exact) mass is 188 g/mol. The zero-order valence-corrected chi connectivity index (χ0v) is 7.90. The SMILES string of the molecule is c1cnc2c(N3CCCC3)n[nH]c2c1. The molecule has 2 aromatic rings. The normalized spacial score (nSPS) is 16.7. The first-order chi connectivity index (χ1) is 6.95. The molecule has 0 spiro atoms. The van der Waals surface area contributed by atoms with Crippen LogP contribution in [0.3, 0.4) is 0 Å². The molecule has 72 valence electrons. The Kier molecular flexibility index (Phi) is 1.65. The lowest BCUT2D eigenvalue weighted by molar-refractivity contribution is 0.925. The maximum absolute atomic E-state index is 4.35. The van der Waals surface area contributed by atoms with Gasteiger partial charge in [-0.05, 0) is 25.0 Å². The van der Waals surface area contributed by atoms with E-state index >= 15 is 0 Å². The smallest absolute Gasteiger partial charge is 0.177 e. The molecule has 0 bridgehead atoms. The Balaban J connectivity index is 2.11. The number of aromatic nitrogens is 3. The standard InChI is InChI=1S/C10H12N4/c1-2-7-14(6-1)10-9-8(12-13-10)4-3-5-11-9/h3-5H,1-2,6-7H2,(H,12,13). The van der Waals surface area contributed by atoms with Crippen LogP contribution in [-0.4, -0.2) is 28.3 Å². The topological polar surface area (TPSA) is 44.8 Å². The van der Waals surface area contributed by atoms with Crippen molar-refractivity contribution in [2.45, 2.75) is 12.8 Å². The lowest BCUT2D eigenvalue weighted by Gasteiger charge is -2.13. The number of aromatic amines is 1. The minimum atomic E-state index is 0.995. The molecule has 0 unspecified atom stereocenters. The van der Waals surface area contributed by atoms with E-state index in [0.29, 0.717) is 0 Å². The van der Waals surface area contributed by atoms with Crippen molar-refractivity contribution < 1.29 is 0 Å². The number of H-pyrrole nitrogens is 1. The van der Waals surface area contributed by atoms with Gasteiger partial charge in [0.25, 0.3) is 0 Å². The van der Waals surface area contributed by atoms with Crippen LogP contribution in [0.4, 0.5) is 5.82 Å². The molecule has 0 atom stereocenters. The van der Waals surface area contributed by atoms with Crippen molar-refractivity contribution in [2.24, 2.45) is 0 Å². The molecule has 1 saturated heterocycles. The first-order valence-corrected chi connectivity index (χ1v) is 4.99. The van der Waals surface area contributed by atoms with Crippen molar-refractivity contribution in [2.75, 3.05) is 18.0 Å². The third-order valence-corrected chi connectivity index (χ3v) is 2.71. The molecule has 4 heteroatoms. The predicted molar refractivity (Wildman–Crippen MR) is 55.3 cm³/mol. The molecular formula is C10H12N4. The minimum absolute atomic E-state index is 0.995. The largest absolute Gasteiger partial charge is 0.353 e.